The largest absolute Gasteiger partial charge is 0.399 e. The van der Waals surface area contributed by atoms with Crippen LogP contribution in [0.1, 0.15) is 47.2 Å². The summed E-state index contributed by atoms with van der Waals surface area (Å²) in [6, 6.07) is 64.9. The average molecular weight is 750 g/mol. The van der Waals surface area contributed by atoms with Gasteiger partial charge in [-0.25, -0.2) is 0 Å². The van der Waals surface area contributed by atoms with E-state index in [1.54, 1.807) is 18.2 Å². The van der Waals surface area contributed by atoms with Crippen LogP contribution < -0.4 is 5.73 Å². The molecule has 0 bridgehead atoms. The number of rotatable bonds is 11. The van der Waals surface area contributed by atoms with Crippen LogP contribution in [-0.2, 0) is 6.54 Å². The first-order valence-corrected chi connectivity index (χ1v) is 19.4. The predicted molar refractivity (Wildman–Crippen MR) is 248 cm³/mol. The third-order valence-corrected chi connectivity index (χ3v) is 9.62. The quantitative estimate of drug-likeness (QED) is 0.106. The molecule has 282 valence electrons. The molecule has 7 aromatic rings. The Morgan fingerprint density at radius 2 is 1.16 bits per heavy atom. The number of nitrogens with zero attached hydrogens (tertiary/aromatic N) is 2. The molecule has 2 N–H and O–H groups in total. The highest BCUT2D eigenvalue weighted by molar-refractivity contribution is 5.98. The molecule has 0 aromatic heterocycles. The van der Waals surface area contributed by atoms with Gasteiger partial charge in [0.2, 0.25) is 0 Å². The summed E-state index contributed by atoms with van der Waals surface area (Å²) in [5, 5.41) is 8.52. The van der Waals surface area contributed by atoms with Crippen LogP contribution in [-0.4, -0.2) is 5.71 Å². The Kier molecular flexibility index (Phi) is 14.1. The van der Waals surface area contributed by atoms with Crippen LogP contribution in [0.2, 0.25) is 0 Å². The third-order valence-electron chi connectivity index (χ3n) is 9.62. The van der Waals surface area contributed by atoms with Gasteiger partial charge in [-0.1, -0.05) is 183 Å². The fourth-order valence-electron chi connectivity index (χ4n) is 6.48. The molecular formula is C55H47N3. The van der Waals surface area contributed by atoms with Gasteiger partial charge >= 0.3 is 0 Å². The van der Waals surface area contributed by atoms with Crippen molar-refractivity contribution in [1.29, 1.82) is 5.26 Å². The summed E-state index contributed by atoms with van der Waals surface area (Å²) in [6.07, 6.45) is 10.8. The van der Waals surface area contributed by atoms with Gasteiger partial charge in [0.1, 0.15) is 0 Å². The molecule has 0 aliphatic rings. The second-order valence-electron chi connectivity index (χ2n) is 13.8. The van der Waals surface area contributed by atoms with E-state index in [1.807, 2.05) is 18.2 Å². The lowest BCUT2D eigenvalue weighted by Gasteiger charge is -2.09. The third kappa shape index (κ3) is 11.3. The summed E-state index contributed by atoms with van der Waals surface area (Å²) in [5.74, 6) is 0. The first-order chi connectivity index (χ1) is 28.4. The molecule has 0 saturated heterocycles. The van der Waals surface area contributed by atoms with Crippen LogP contribution in [0.5, 0.6) is 0 Å². The second-order valence-corrected chi connectivity index (χ2v) is 13.8. The summed E-state index contributed by atoms with van der Waals surface area (Å²) < 4.78 is 0. The molecule has 7 rings (SSSR count). The Labute approximate surface area is 343 Å². The van der Waals surface area contributed by atoms with Crippen LogP contribution in [0.25, 0.3) is 50.7 Å². The molecule has 0 aliphatic carbocycles. The first-order valence-electron chi connectivity index (χ1n) is 19.4. The van der Waals surface area contributed by atoms with E-state index in [0.717, 1.165) is 16.8 Å². The van der Waals surface area contributed by atoms with E-state index in [0.29, 0.717) is 17.8 Å². The number of hydrogen-bond donors (Lipinski definition) is 1. The van der Waals surface area contributed by atoms with Crippen molar-refractivity contribution in [2.24, 2.45) is 10.7 Å². The first kappa shape index (κ1) is 40.1. The number of hydrogen-bond acceptors (Lipinski definition) is 3. The number of nitrogens with two attached hydrogens (primary N) is 1. The van der Waals surface area contributed by atoms with Crippen molar-refractivity contribution >= 4 is 23.1 Å². The van der Waals surface area contributed by atoms with Crippen LogP contribution in [0, 0.1) is 11.3 Å². The van der Waals surface area contributed by atoms with Gasteiger partial charge in [0, 0.05) is 11.4 Å². The average Bonchev–Trinajstić information content (AvgIpc) is 3.29. The lowest BCUT2D eigenvalue weighted by Crippen LogP contribution is -1.95. The number of allylic oxidation sites excluding steroid dienone is 5. The lowest BCUT2D eigenvalue weighted by atomic mass is 9.95. The van der Waals surface area contributed by atoms with Crippen molar-refractivity contribution in [1.82, 2.24) is 0 Å². The topological polar surface area (TPSA) is 62.2 Å². The molecule has 58 heavy (non-hydrogen) atoms. The standard InChI is InChI=1S/C46H39N.C9H8N2/c1-3-15-39(23-13-16-37-30-45(40-19-9-5-10-20-40)33-46(31-37)41-21-11-6-12-22-41)43-24-14-25-44(32-43)42-28-26-36(27-29-42)34-47-35(2)38-17-7-4-8-18-38;1-7(11)9-4-2-3-8(5-9)6-10/h3-33H,34H2,1-2H3;2-5H,1,11H2/b15-3-,16-13+,39-23+,47-35?;. The Hall–Kier alpha value is -7.54. The lowest BCUT2D eigenvalue weighted by molar-refractivity contribution is 1.07. The molecule has 0 radical (unpaired) electrons. The van der Waals surface area contributed by atoms with E-state index in [-0.39, 0.29) is 0 Å². The van der Waals surface area contributed by atoms with Crippen molar-refractivity contribution < 1.29 is 0 Å². The molecule has 0 heterocycles. The maximum Gasteiger partial charge on any atom is 0.0991 e. The number of nitriles is 1. The molecule has 3 heteroatoms. The molecule has 0 unspecified atom stereocenters. The molecule has 0 atom stereocenters. The van der Waals surface area contributed by atoms with E-state index in [4.69, 9.17) is 16.0 Å². The molecule has 0 spiro atoms. The molecular weight excluding hydrogens is 703 g/mol. The Balaban J connectivity index is 0.000000447. The van der Waals surface area contributed by atoms with E-state index in [1.165, 1.54) is 55.6 Å². The van der Waals surface area contributed by atoms with Crippen molar-refractivity contribution in [3.05, 3.63) is 246 Å². The minimum absolute atomic E-state index is 0.488. The van der Waals surface area contributed by atoms with Gasteiger partial charge in [-0.05, 0) is 117 Å². The van der Waals surface area contributed by atoms with Crippen molar-refractivity contribution in [2.45, 2.75) is 20.4 Å². The highest BCUT2D eigenvalue weighted by Crippen LogP contribution is 2.30. The zero-order valence-electron chi connectivity index (χ0n) is 33.1. The molecule has 3 nitrogen and oxygen atoms in total. The Morgan fingerprint density at radius 1 is 0.603 bits per heavy atom. The van der Waals surface area contributed by atoms with Gasteiger partial charge in [-0.2, -0.15) is 5.26 Å². The van der Waals surface area contributed by atoms with Gasteiger partial charge in [-0.15, -0.1) is 0 Å². The summed E-state index contributed by atoms with van der Waals surface area (Å²) in [6.45, 7) is 8.38. The molecule has 0 saturated carbocycles. The van der Waals surface area contributed by atoms with Crippen molar-refractivity contribution in [2.75, 3.05) is 0 Å². The minimum atomic E-state index is 0.488. The van der Waals surface area contributed by atoms with Crippen LogP contribution >= 0.6 is 0 Å². The zero-order chi connectivity index (χ0) is 40.5. The van der Waals surface area contributed by atoms with Crippen molar-refractivity contribution in [3.63, 3.8) is 0 Å². The highest BCUT2D eigenvalue weighted by Gasteiger charge is 2.06. The Bertz CT molecular complexity index is 2550. The summed E-state index contributed by atoms with van der Waals surface area (Å²) >= 11 is 0. The van der Waals surface area contributed by atoms with Crippen molar-refractivity contribution in [3.8, 4) is 39.4 Å². The monoisotopic (exact) mass is 749 g/mol. The van der Waals surface area contributed by atoms with Gasteiger partial charge in [-0.3, -0.25) is 4.99 Å². The fourth-order valence-corrected chi connectivity index (χ4v) is 6.48. The summed E-state index contributed by atoms with van der Waals surface area (Å²) in [4.78, 5) is 4.81. The maximum absolute atomic E-state index is 8.52. The van der Waals surface area contributed by atoms with E-state index in [2.05, 4.69) is 202 Å². The Morgan fingerprint density at radius 3 is 1.76 bits per heavy atom. The molecule has 7 aromatic carbocycles. The zero-order valence-corrected chi connectivity index (χ0v) is 33.1. The summed E-state index contributed by atoms with van der Waals surface area (Å²) in [5.41, 5.74) is 21.5. The second kappa shape index (κ2) is 20.4. The summed E-state index contributed by atoms with van der Waals surface area (Å²) in [7, 11) is 0. The van der Waals surface area contributed by atoms with Crippen LogP contribution in [0.4, 0.5) is 0 Å². The van der Waals surface area contributed by atoms with Gasteiger partial charge < -0.3 is 5.73 Å². The number of benzene rings is 7. The maximum atomic E-state index is 8.52. The normalized spacial score (nSPS) is 11.5. The number of aliphatic imine (C=N–C) groups is 1. The van der Waals surface area contributed by atoms with E-state index >= 15 is 0 Å². The fraction of sp³-hybridized carbons (Fsp3) is 0.0545. The van der Waals surface area contributed by atoms with Gasteiger partial charge in [0.25, 0.3) is 0 Å². The van der Waals surface area contributed by atoms with Crippen LogP contribution in [0.15, 0.2) is 218 Å². The smallest absolute Gasteiger partial charge is 0.0991 e. The molecule has 0 amide bonds. The van der Waals surface area contributed by atoms with E-state index in [9.17, 15) is 0 Å². The predicted octanol–water partition coefficient (Wildman–Crippen LogP) is 13.9. The van der Waals surface area contributed by atoms with E-state index < -0.39 is 0 Å². The minimum Gasteiger partial charge on any atom is -0.399 e. The molecule has 0 fully saturated rings. The molecule has 0 aliphatic heterocycles. The van der Waals surface area contributed by atoms with Crippen LogP contribution in [0.3, 0.4) is 0 Å². The SMILES string of the molecule is C=C(N)c1cccc(C#N)c1.C\C=C/C(=C\C=C\c1cc(-c2ccccc2)cc(-c2ccccc2)c1)c1cccc(-c2ccc(CN=C(C)c3ccccc3)cc2)c1. The highest BCUT2D eigenvalue weighted by atomic mass is 14.7. The van der Waals surface area contributed by atoms with Gasteiger partial charge in [0.15, 0.2) is 0 Å². The van der Waals surface area contributed by atoms with Gasteiger partial charge in [0.05, 0.1) is 18.2 Å².